The molecule has 2 aromatic carbocycles. The fourth-order valence-electron chi connectivity index (χ4n) is 5.10. The second-order valence-electron chi connectivity index (χ2n) is 9.03. The number of rotatable bonds is 6. The average Bonchev–Trinajstić information content (AvgIpc) is 3.39. The molecule has 1 aliphatic rings. The molecule has 6 nitrogen and oxygen atoms in total. The second kappa shape index (κ2) is 9.59. The molecule has 0 amide bonds. The van der Waals surface area contributed by atoms with Crippen LogP contribution in [0.3, 0.4) is 0 Å². The SMILES string of the molecule is CCc1ccc(N2C(=S)NC(c3ccccn3)C2c2cc(C)n(-c3cccc(C(=O)O)c3)c2C)cc1. The predicted octanol–water partition coefficient (Wildman–Crippen LogP) is 5.93. The molecule has 3 heterocycles. The summed E-state index contributed by atoms with van der Waals surface area (Å²) in [4.78, 5) is 18.4. The van der Waals surface area contributed by atoms with E-state index >= 15 is 0 Å². The topological polar surface area (TPSA) is 70.4 Å². The molecule has 4 aromatic rings. The highest BCUT2D eigenvalue weighted by Crippen LogP contribution is 2.43. The summed E-state index contributed by atoms with van der Waals surface area (Å²) in [6.07, 6.45) is 2.77. The van der Waals surface area contributed by atoms with Gasteiger partial charge in [-0.25, -0.2) is 4.79 Å². The number of carboxylic acid groups (broad SMARTS) is 1. The monoisotopic (exact) mass is 496 g/mol. The van der Waals surface area contributed by atoms with E-state index in [1.54, 1.807) is 24.4 Å². The summed E-state index contributed by atoms with van der Waals surface area (Å²) in [6, 6.07) is 23.4. The average molecular weight is 497 g/mol. The van der Waals surface area contributed by atoms with Gasteiger partial charge in [-0.2, -0.15) is 0 Å². The molecule has 5 rings (SSSR count). The number of aryl methyl sites for hydroxylation is 2. The Bertz CT molecular complexity index is 1430. The van der Waals surface area contributed by atoms with E-state index in [2.05, 4.69) is 63.9 Å². The van der Waals surface area contributed by atoms with Crippen molar-refractivity contribution in [3.63, 3.8) is 0 Å². The lowest BCUT2D eigenvalue weighted by atomic mass is 9.96. The molecule has 0 aliphatic carbocycles. The molecular formula is C29H28N4O2S. The Morgan fingerprint density at radius 2 is 1.81 bits per heavy atom. The molecule has 2 N–H and O–H groups in total. The van der Waals surface area contributed by atoms with Gasteiger partial charge in [0.05, 0.1) is 23.3 Å². The van der Waals surface area contributed by atoms with Crippen LogP contribution in [0.4, 0.5) is 5.69 Å². The zero-order chi connectivity index (χ0) is 25.4. The number of hydrogen-bond acceptors (Lipinski definition) is 3. The van der Waals surface area contributed by atoms with Crippen molar-refractivity contribution in [2.45, 2.75) is 39.3 Å². The molecule has 2 unspecified atom stereocenters. The quantitative estimate of drug-likeness (QED) is 0.323. The standard InChI is InChI=1S/C29H28N4O2S/c1-4-20-11-13-22(14-12-20)33-27(26(31-29(33)36)25-10-5-6-15-30-25)24-16-18(2)32(19(24)3)23-9-7-8-21(17-23)28(34)35/h5-17,26-27H,4H2,1-3H3,(H,31,36)(H,34,35). The minimum atomic E-state index is -0.943. The Hall–Kier alpha value is -3.97. The van der Waals surface area contributed by atoms with Gasteiger partial charge in [-0.05, 0) is 92.1 Å². The maximum absolute atomic E-state index is 11.6. The van der Waals surface area contributed by atoms with Gasteiger partial charge in [0.2, 0.25) is 0 Å². The van der Waals surface area contributed by atoms with Crippen molar-refractivity contribution < 1.29 is 9.90 Å². The summed E-state index contributed by atoms with van der Waals surface area (Å²) in [5.41, 5.74) is 7.43. The molecule has 0 spiro atoms. The highest BCUT2D eigenvalue weighted by molar-refractivity contribution is 7.80. The van der Waals surface area contributed by atoms with Gasteiger partial charge in [0.15, 0.2) is 5.11 Å². The van der Waals surface area contributed by atoms with Crippen LogP contribution in [0.5, 0.6) is 0 Å². The minimum absolute atomic E-state index is 0.137. The van der Waals surface area contributed by atoms with Gasteiger partial charge in [-0.15, -0.1) is 0 Å². The first-order chi connectivity index (χ1) is 17.4. The smallest absolute Gasteiger partial charge is 0.335 e. The van der Waals surface area contributed by atoms with Crippen LogP contribution in [0.2, 0.25) is 0 Å². The van der Waals surface area contributed by atoms with Crippen LogP contribution in [0.15, 0.2) is 79.0 Å². The van der Waals surface area contributed by atoms with Crippen molar-refractivity contribution in [2.75, 3.05) is 4.90 Å². The highest BCUT2D eigenvalue weighted by Gasteiger charge is 2.42. The van der Waals surface area contributed by atoms with E-state index in [0.29, 0.717) is 5.11 Å². The van der Waals surface area contributed by atoms with Gasteiger partial charge in [-0.3, -0.25) is 4.98 Å². The third-order valence-electron chi connectivity index (χ3n) is 6.86. The summed E-state index contributed by atoms with van der Waals surface area (Å²) >= 11 is 5.87. The molecule has 2 aromatic heterocycles. The van der Waals surface area contributed by atoms with Gasteiger partial charge in [0.25, 0.3) is 0 Å². The number of hydrogen-bond donors (Lipinski definition) is 2. The van der Waals surface area contributed by atoms with E-state index in [1.807, 2.05) is 31.2 Å². The number of pyridine rings is 1. The Balaban J connectivity index is 1.66. The third-order valence-corrected chi connectivity index (χ3v) is 7.18. The highest BCUT2D eigenvalue weighted by atomic mass is 32.1. The lowest BCUT2D eigenvalue weighted by Gasteiger charge is -2.28. The summed E-state index contributed by atoms with van der Waals surface area (Å²) < 4.78 is 2.11. The van der Waals surface area contributed by atoms with E-state index in [-0.39, 0.29) is 17.6 Å². The van der Waals surface area contributed by atoms with Crippen LogP contribution in [0.25, 0.3) is 5.69 Å². The van der Waals surface area contributed by atoms with Crippen LogP contribution < -0.4 is 10.2 Å². The lowest BCUT2D eigenvalue weighted by Crippen LogP contribution is -2.29. The minimum Gasteiger partial charge on any atom is -0.478 e. The lowest BCUT2D eigenvalue weighted by molar-refractivity contribution is 0.0697. The molecule has 1 fully saturated rings. The van der Waals surface area contributed by atoms with Crippen LogP contribution in [-0.2, 0) is 6.42 Å². The van der Waals surface area contributed by atoms with Crippen molar-refractivity contribution >= 4 is 29.0 Å². The van der Waals surface area contributed by atoms with E-state index in [0.717, 1.165) is 40.4 Å². The Morgan fingerprint density at radius 1 is 1.03 bits per heavy atom. The number of aromatic nitrogens is 2. The molecule has 1 aliphatic heterocycles. The maximum atomic E-state index is 11.6. The third kappa shape index (κ3) is 4.16. The Kier molecular flexibility index (Phi) is 6.33. The van der Waals surface area contributed by atoms with Gasteiger partial charge >= 0.3 is 5.97 Å². The Labute approximate surface area is 216 Å². The fraction of sp³-hybridized carbons (Fsp3) is 0.207. The van der Waals surface area contributed by atoms with Crippen molar-refractivity contribution in [3.8, 4) is 5.69 Å². The van der Waals surface area contributed by atoms with Crippen LogP contribution >= 0.6 is 12.2 Å². The molecule has 0 radical (unpaired) electrons. The van der Waals surface area contributed by atoms with Gasteiger partial charge < -0.3 is 19.9 Å². The molecule has 1 saturated heterocycles. The number of benzene rings is 2. The van der Waals surface area contributed by atoms with E-state index in [1.165, 1.54) is 5.56 Å². The number of carboxylic acids is 1. The van der Waals surface area contributed by atoms with Gasteiger partial charge in [0.1, 0.15) is 0 Å². The zero-order valence-electron chi connectivity index (χ0n) is 20.5. The largest absolute Gasteiger partial charge is 0.478 e. The van der Waals surface area contributed by atoms with Crippen molar-refractivity contribution in [3.05, 3.63) is 113 Å². The zero-order valence-corrected chi connectivity index (χ0v) is 21.3. The summed E-state index contributed by atoms with van der Waals surface area (Å²) in [7, 11) is 0. The van der Waals surface area contributed by atoms with Crippen molar-refractivity contribution in [2.24, 2.45) is 0 Å². The van der Waals surface area contributed by atoms with Gasteiger partial charge in [0, 0.05) is 29.0 Å². The molecular weight excluding hydrogens is 468 g/mol. The maximum Gasteiger partial charge on any atom is 0.335 e. The second-order valence-corrected chi connectivity index (χ2v) is 9.42. The number of nitrogens with one attached hydrogen (secondary N) is 1. The van der Waals surface area contributed by atoms with Crippen molar-refractivity contribution in [1.82, 2.24) is 14.9 Å². The Morgan fingerprint density at radius 3 is 2.47 bits per heavy atom. The van der Waals surface area contributed by atoms with Crippen molar-refractivity contribution in [1.29, 1.82) is 0 Å². The van der Waals surface area contributed by atoms with Crippen LogP contribution in [0.1, 0.15) is 57.6 Å². The molecule has 7 heteroatoms. The molecule has 36 heavy (non-hydrogen) atoms. The molecule has 0 saturated carbocycles. The summed E-state index contributed by atoms with van der Waals surface area (Å²) in [5.74, 6) is -0.943. The number of thiocarbonyl (C=S) groups is 1. The van der Waals surface area contributed by atoms with Gasteiger partial charge in [-0.1, -0.05) is 31.2 Å². The normalized spacial score (nSPS) is 17.3. The predicted molar refractivity (Wildman–Crippen MR) is 146 cm³/mol. The summed E-state index contributed by atoms with van der Waals surface area (Å²) in [6.45, 7) is 6.26. The first-order valence-corrected chi connectivity index (χ1v) is 12.4. The van der Waals surface area contributed by atoms with Crippen LogP contribution in [-0.4, -0.2) is 25.7 Å². The first kappa shape index (κ1) is 23.8. The van der Waals surface area contributed by atoms with E-state index < -0.39 is 5.97 Å². The number of aromatic carboxylic acids is 1. The number of carbonyl (C=O) groups is 1. The summed E-state index contributed by atoms with van der Waals surface area (Å²) in [5, 5.41) is 13.7. The molecule has 0 bridgehead atoms. The molecule has 182 valence electrons. The van der Waals surface area contributed by atoms with E-state index in [9.17, 15) is 9.90 Å². The van der Waals surface area contributed by atoms with Crippen LogP contribution in [0, 0.1) is 13.8 Å². The fourth-order valence-corrected chi connectivity index (χ4v) is 5.45. The number of nitrogens with zero attached hydrogens (tertiary/aromatic N) is 3. The first-order valence-electron chi connectivity index (χ1n) is 12.0. The number of anilines is 1. The molecule has 2 atom stereocenters. The van der Waals surface area contributed by atoms with E-state index in [4.69, 9.17) is 12.2 Å².